The molecule has 1 N–H and O–H groups in total. The summed E-state index contributed by atoms with van der Waals surface area (Å²) in [5.41, 5.74) is 0.915. The van der Waals surface area contributed by atoms with Gasteiger partial charge in [0.1, 0.15) is 6.04 Å². The molecule has 20 heavy (non-hydrogen) atoms. The second-order valence-corrected chi connectivity index (χ2v) is 5.72. The topological polar surface area (TPSA) is 38.3 Å². The van der Waals surface area contributed by atoms with Gasteiger partial charge in [-0.2, -0.15) is 0 Å². The van der Waals surface area contributed by atoms with E-state index in [2.05, 4.69) is 5.32 Å². The maximum Gasteiger partial charge on any atom is 0.328 e. The molecule has 1 aromatic rings. The lowest BCUT2D eigenvalue weighted by atomic mass is 9.83. The first kappa shape index (κ1) is 15.2. The Labute approximate surface area is 125 Å². The van der Waals surface area contributed by atoms with Crippen LogP contribution in [0.15, 0.2) is 24.3 Å². The first-order chi connectivity index (χ1) is 9.70. The molecule has 1 saturated carbocycles. The molecule has 1 aliphatic rings. The first-order valence-electron chi connectivity index (χ1n) is 7.39. The average molecular weight is 296 g/mol. The summed E-state index contributed by atoms with van der Waals surface area (Å²) >= 11 is 5.89. The molecule has 4 heteroatoms. The highest BCUT2D eigenvalue weighted by atomic mass is 35.5. The van der Waals surface area contributed by atoms with Crippen molar-refractivity contribution >= 4 is 23.3 Å². The lowest BCUT2D eigenvalue weighted by molar-refractivity contribution is -0.145. The minimum atomic E-state index is -0.253. The molecule has 0 heterocycles. The molecule has 0 amide bonds. The van der Waals surface area contributed by atoms with E-state index in [9.17, 15) is 4.79 Å². The Morgan fingerprint density at radius 1 is 1.30 bits per heavy atom. The minimum Gasteiger partial charge on any atom is -0.464 e. The predicted molar refractivity (Wildman–Crippen MR) is 82.1 cm³/mol. The summed E-state index contributed by atoms with van der Waals surface area (Å²) in [6.45, 7) is 2.27. The molecule has 1 fully saturated rings. The van der Waals surface area contributed by atoms with Gasteiger partial charge in [0.2, 0.25) is 0 Å². The van der Waals surface area contributed by atoms with Gasteiger partial charge in [0, 0.05) is 10.7 Å². The molecule has 1 atom stereocenters. The van der Waals surface area contributed by atoms with E-state index < -0.39 is 0 Å². The van der Waals surface area contributed by atoms with Crippen LogP contribution in [-0.2, 0) is 9.53 Å². The van der Waals surface area contributed by atoms with Gasteiger partial charge in [-0.15, -0.1) is 0 Å². The normalized spacial score (nSPS) is 17.5. The summed E-state index contributed by atoms with van der Waals surface area (Å²) in [4.78, 5) is 12.2. The van der Waals surface area contributed by atoms with Crippen molar-refractivity contribution in [2.24, 2.45) is 5.92 Å². The maximum atomic E-state index is 12.2. The monoisotopic (exact) mass is 295 g/mol. The van der Waals surface area contributed by atoms with Gasteiger partial charge in [-0.3, -0.25) is 0 Å². The SMILES string of the molecule is CCOC(=O)C(Nc1ccc(Cl)cc1)C1CCCCC1. The Morgan fingerprint density at radius 2 is 1.95 bits per heavy atom. The lowest BCUT2D eigenvalue weighted by Crippen LogP contribution is -2.39. The largest absolute Gasteiger partial charge is 0.464 e. The Hall–Kier alpha value is -1.22. The number of carbonyl (C=O) groups is 1. The van der Waals surface area contributed by atoms with Gasteiger partial charge in [-0.25, -0.2) is 4.79 Å². The Bertz CT molecular complexity index is 427. The van der Waals surface area contributed by atoms with Gasteiger partial charge >= 0.3 is 5.97 Å². The predicted octanol–water partition coefficient (Wildman–Crippen LogP) is 4.26. The zero-order chi connectivity index (χ0) is 14.4. The van der Waals surface area contributed by atoms with Crippen LogP contribution in [0.4, 0.5) is 5.69 Å². The third kappa shape index (κ3) is 4.14. The van der Waals surface area contributed by atoms with Crippen molar-refractivity contribution in [1.82, 2.24) is 0 Å². The van der Waals surface area contributed by atoms with Crippen molar-refractivity contribution < 1.29 is 9.53 Å². The number of nitrogens with one attached hydrogen (secondary N) is 1. The van der Waals surface area contributed by atoms with E-state index in [1.54, 1.807) is 0 Å². The second kappa shape index (κ2) is 7.53. The fourth-order valence-corrected chi connectivity index (χ4v) is 2.92. The van der Waals surface area contributed by atoms with E-state index >= 15 is 0 Å². The summed E-state index contributed by atoms with van der Waals surface area (Å²) in [5.74, 6) is 0.216. The third-order valence-corrected chi connectivity index (χ3v) is 4.08. The van der Waals surface area contributed by atoms with Crippen molar-refractivity contribution in [3.63, 3.8) is 0 Å². The second-order valence-electron chi connectivity index (χ2n) is 5.28. The molecule has 0 radical (unpaired) electrons. The number of benzene rings is 1. The van der Waals surface area contributed by atoms with Crippen LogP contribution < -0.4 is 5.32 Å². The lowest BCUT2D eigenvalue weighted by Gasteiger charge is -2.30. The summed E-state index contributed by atoms with van der Waals surface area (Å²) < 4.78 is 5.23. The van der Waals surface area contributed by atoms with Crippen molar-refractivity contribution in [2.45, 2.75) is 45.1 Å². The fraction of sp³-hybridized carbons (Fsp3) is 0.562. The van der Waals surface area contributed by atoms with E-state index in [4.69, 9.17) is 16.3 Å². The molecule has 0 aliphatic heterocycles. The molecule has 0 aromatic heterocycles. The minimum absolute atomic E-state index is 0.144. The van der Waals surface area contributed by atoms with Gasteiger partial charge in [0.05, 0.1) is 6.61 Å². The molecule has 1 aliphatic carbocycles. The summed E-state index contributed by atoms with van der Waals surface area (Å²) in [5, 5.41) is 4.02. The van der Waals surface area contributed by atoms with E-state index in [-0.39, 0.29) is 12.0 Å². The standard InChI is InChI=1S/C16H22ClNO2/c1-2-20-16(19)15(12-6-4-3-5-7-12)18-14-10-8-13(17)9-11-14/h8-12,15,18H,2-7H2,1H3. The molecule has 0 spiro atoms. The van der Waals surface area contributed by atoms with Crippen molar-refractivity contribution in [2.75, 3.05) is 11.9 Å². The molecular formula is C16H22ClNO2. The summed E-state index contributed by atoms with van der Waals surface area (Å²) in [7, 11) is 0. The maximum absolute atomic E-state index is 12.2. The molecule has 0 bridgehead atoms. The van der Waals surface area contributed by atoms with Gasteiger partial charge in [-0.05, 0) is 49.9 Å². The summed E-state index contributed by atoms with van der Waals surface area (Å²) in [6.07, 6.45) is 5.84. The number of rotatable bonds is 5. The first-order valence-corrected chi connectivity index (χ1v) is 7.77. The van der Waals surface area contributed by atoms with E-state index in [0.717, 1.165) is 18.5 Å². The van der Waals surface area contributed by atoms with Crippen molar-refractivity contribution in [3.8, 4) is 0 Å². The number of halogens is 1. The van der Waals surface area contributed by atoms with Crippen molar-refractivity contribution in [3.05, 3.63) is 29.3 Å². The number of hydrogen-bond donors (Lipinski definition) is 1. The van der Waals surface area contributed by atoms with Gasteiger partial charge in [0.15, 0.2) is 0 Å². The highest BCUT2D eigenvalue weighted by molar-refractivity contribution is 6.30. The molecule has 1 unspecified atom stereocenters. The van der Waals surface area contributed by atoms with Crippen LogP contribution in [0, 0.1) is 5.92 Å². The van der Waals surface area contributed by atoms with Crippen LogP contribution in [0.2, 0.25) is 5.02 Å². The molecule has 110 valence electrons. The van der Waals surface area contributed by atoms with E-state index in [1.807, 2.05) is 31.2 Å². The number of carbonyl (C=O) groups excluding carboxylic acids is 1. The highest BCUT2D eigenvalue weighted by Crippen LogP contribution is 2.29. The van der Waals surface area contributed by atoms with Gasteiger partial charge in [-0.1, -0.05) is 30.9 Å². The quantitative estimate of drug-likeness (QED) is 0.825. The number of esters is 1. The Morgan fingerprint density at radius 3 is 2.55 bits per heavy atom. The Balaban J connectivity index is 2.08. The zero-order valence-corrected chi connectivity index (χ0v) is 12.7. The molecule has 3 nitrogen and oxygen atoms in total. The number of ether oxygens (including phenoxy) is 1. The van der Waals surface area contributed by atoms with Crippen LogP contribution in [0.1, 0.15) is 39.0 Å². The average Bonchev–Trinajstić information content (AvgIpc) is 2.48. The van der Waals surface area contributed by atoms with Gasteiger partial charge < -0.3 is 10.1 Å². The summed E-state index contributed by atoms with van der Waals surface area (Å²) in [6, 6.07) is 7.20. The molecule has 2 rings (SSSR count). The fourth-order valence-electron chi connectivity index (χ4n) is 2.79. The van der Waals surface area contributed by atoms with E-state index in [0.29, 0.717) is 17.5 Å². The number of anilines is 1. The molecule has 1 aromatic carbocycles. The van der Waals surface area contributed by atoms with Crippen LogP contribution in [0.5, 0.6) is 0 Å². The molecule has 0 saturated heterocycles. The van der Waals surface area contributed by atoms with E-state index in [1.165, 1.54) is 19.3 Å². The van der Waals surface area contributed by atoms with Crippen LogP contribution in [-0.4, -0.2) is 18.6 Å². The third-order valence-electron chi connectivity index (χ3n) is 3.83. The molecular weight excluding hydrogens is 274 g/mol. The van der Waals surface area contributed by atoms with Crippen LogP contribution in [0.25, 0.3) is 0 Å². The highest BCUT2D eigenvalue weighted by Gasteiger charge is 2.30. The van der Waals surface area contributed by atoms with Gasteiger partial charge in [0.25, 0.3) is 0 Å². The Kier molecular flexibility index (Phi) is 5.72. The van der Waals surface area contributed by atoms with Crippen molar-refractivity contribution in [1.29, 1.82) is 0 Å². The smallest absolute Gasteiger partial charge is 0.328 e. The number of hydrogen-bond acceptors (Lipinski definition) is 3. The van der Waals surface area contributed by atoms with Crippen LogP contribution >= 0.6 is 11.6 Å². The van der Waals surface area contributed by atoms with Crippen LogP contribution in [0.3, 0.4) is 0 Å². The zero-order valence-electron chi connectivity index (χ0n) is 11.9.